The molecule has 3 heteroatoms. The maximum Gasteiger partial charge on any atom is 0.0376 e. The molecule has 0 aromatic heterocycles. The first-order valence-corrected chi connectivity index (χ1v) is 7.56. The molecule has 1 N–H and O–H groups in total. The van der Waals surface area contributed by atoms with Gasteiger partial charge in [0.25, 0.3) is 0 Å². The number of hydrogen-bond donors (Lipinski definition) is 1. The summed E-state index contributed by atoms with van der Waals surface area (Å²) in [5.41, 5.74) is 2.83. The molecule has 0 amide bonds. The van der Waals surface area contributed by atoms with Gasteiger partial charge in [-0.15, -0.1) is 0 Å². The molecular formula is C16H25N3. The minimum absolute atomic E-state index is 0.653. The summed E-state index contributed by atoms with van der Waals surface area (Å²) < 4.78 is 0. The topological polar surface area (TPSA) is 18.5 Å². The lowest BCUT2D eigenvalue weighted by Crippen LogP contribution is -2.34. The van der Waals surface area contributed by atoms with E-state index in [2.05, 4.69) is 46.4 Å². The van der Waals surface area contributed by atoms with Gasteiger partial charge in [0.05, 0.1) is 0 Å². The van der Waals surface area contributed by atoms with Crippen LogP contribution in [0, 0.1) is 0 Å². The van der Waals surface area contributed by atoms with Crippen LogP contribution in [0.4, 0.5) is 5.69 Å². The van der Waals surface area contributed by atoms with Crippen molar-refractivity contribution in [2.24, 2.45) is 0 Å². The lowest BCUT2D eigenvalue weighted by atomic mass is 10.0. The Bertz CT molecular complexity index is 412. The van der Waals surface area contributed by atoms with E-state index in [1.54, 1.807) is 0 Å². The molecule has 0 saturated carbocycles. The van der Waals surface area contributed by atoms with E-state index in [0.29, 0.717) is 5.92 Å². The molecule has 19 heavy (non-hydrogen) atoms. The van der Waals surface area contributed by atoms with E-state index >= 15 is 0 Å². The van der Waals surface area contributed by atoms with Crippen LogP contribution >= 0.6 is 0 Å². The van der Waals surface area contributed by atoms with E-state index in [9.17, 15) is 0 Å². The number of likely N-dealkylation sites (N-methyl/N-ethyl adjacent to an activating group) is 1. The van der Waals surface area contributed by atoms with Gasteiger partial charge < -0.3 is 15.1 Å². The van der Waals surface area contributed by atoms with Crippen molar-refractivity contribution in [1.29, 1.82) is 0 Å². The number of rotatable bonds is 5. The molecule has 1 unspecified atom stereocenters. The average molecular weight is 259 g/mol. The van der Waals surface area contributed by atoms with Crippen LogP contribution < -0.4 is 5.32 Å². The monoisotopic (exact) mass is 259 g/mol. The molecule has 0 radical (unpaired) electrons. The fourth-order valence-electron chi connectivity index (χ4n) is 3.31. The van der Waals surface area contributed by atoms with E-state index in [4.69, 9.17) is 0 Å². The van der Waals surface area contributed by atoms with Crippen LogP contribution in [0.25, 0.3) is 0 Å². The lowest BCUT2D eigenvalue weighted by Gasteiger charge is -2.24. The summed E-state index contributed by atoms with van der Waals surface area (Å²) in [4.78, 5) is 5.09. The van der Waals surface area contributed by atoms with Crippen LogP contribution in [0.1, 0.15) is 24.3 Å². The molecule has 1 aromatic rings. The van der Waals surface area contributed by atoms with Gasteiger partial charge in [0.2, 0.25) is 0 Å². The van der Waals surface area contributed by atoms with Gasteiger partial charge in [-0.1, -0.05) is 18.2 Å². The summed E-state index contributed by atoms with van der Waals surface area (Å²) in [6.07, 6.45) is 2.78. The Balaban J connectivity index is 1.48. The van der Waals surface area contributed by atoms with E-state index in [-0.39, 0.29) is 0 Å². The SMILES string of the molecule is CN(CCN1CCCC1)CC1CNc2ccccc21. The minimum Gasteiger partial charge on any atom is -0.384 e. The van der Waals surface area contributed by atoms with Gasteiger partial charge in [0, 0.05) is 37.8 Å². The molecule has 2 aliphatic heterocycles. The normalized spacial score (nSPS) is 22.7. The fraction of sp³-hybridized carbons (Fsp3) is 0.625. The number of para-hydroxylation sites is 1. The highest BCUT2D eigenvalue weighted by molar-refractivity contribution is 5.57. The second-order valence-electron chi connectivity index (χ2n) is 5.98. The van der Waals surface area contributed by atoms with Gasteiger partial charge in [-0.2, -0.15) is 0 Å². The highest BCUT2D eigenvalue weighted by Gasteiger charge is 2.22. The van der Waals surface area contributed by atoms with Crippen molar-refractivity contribution in [3.8, 4) is 0 Å². The number of anilines is 1. The van der Waals surface area contributed by atoms with Crippen molar-refractivity contribution in [3.05, 3.63) is 29.8 Å². The zero-order valence-electron chi connectivity index (χ0n) is 11.9. The molecule has 1 fully saturated rings. The Morgan fingerprint density at radius 1 is 1.26 bits per heavy atom. The zero-order valence-corrected chi connectivity index (χ0v) is 11.9. The third-order valence-electron chi connectivity index (χ3n) is 4.47. The van der Waals surface area contributed by atoms with Crippen LogP contribution in [-0.4, -0.2) is 56.1 Å². The lowest BCUT2D eigenvalue weighted by molar-refractivity contribution is 0.250. The summed E-state index contributed by atoms with van der Waals surface area (Å²) in [6, 6.07) is 8.74. The molecule has 104 valence electrons. The van der Waals surface area contributed by atoms with E-state index < -0.39 is 0 Å². The summed E-state index contributed by atoms with van der Waals surface area (Å²) in [5, 5.41) is 3.52. The van der Waals surface area contributed by atoms with E-state index in [1.807, 2.05) is 0 Å². The molecule has 0 spiro atoms. The van der Waals surface area contributed by atoms with Gasteiger partial charge in [-0.05, 0) is 44.6 Å². The molecule has 1 atom stereocenters. The predicted molar refractivity (Wildman–Crippen MR) is 80.8 cm³/mol. The second kappa shape index (κ2) is 5.93. The van der Waals surface area contributed by atoms with Crippen LogP contribution in [0.2, 0.25) is 0 Å². The summed E-state index contributed by atoms with van der Waals surface area (Å²) in [5.74, 6) is 0.653. The Kier molecular flexibility index (Phi) is 4.04. The van der Waals surface area contributed by atoms with Crippen molar-refractivity contribution in [1.82, 2.24) is 9.80 Å². The van der Waals surface area contributed by atoms with Gasteiger partial charge in [-0.3, -0.25) is 0 Å². The maximum atomic E-state index is 3.52. The van der Waals surface area contributed by atoms with Crippen LogP contribution in [0.3, 0.4) is 0 Å². The highest BCUT2D eigenvalue weighted by Crippen LogP contribution is 2.31. The molecule has 3 rings (SSSR count). The highest BCUT2D eigenvalue weighted by atomic mass is 15.2. The first-order chi connectivity index (χ1) is 9.33. The van der Waals surface area contributed by atoms with E-state index in [0.717, 1.165) is 13.1 Å². The number of nitrogens with one attached hydrogen (secondary N) is 1. The second-order valence-corrected chi connectivity index (χ2v) is 5.98. The number of nitrogens with zero attached hydrogens (tertiary/aromatic N) is 2. The molecule has 2 aliphatic rings. The Hall–Kier alpha value is -1.06. The number of hydrogen-bond acceptors (Lipinski definition) is 3. The van der Waals surface area contributed by atoms with Crippen molar-refractivity contribution in [2.45, 2.75) is 18.8 Å². The molecule has 0 aliphatic carbocycles. The van der Waals surface area contributed by atoms with Gasteiger partial charge in [-0.25, -0.2) is 0 Å². The number of fused-ring (bicyclic) bond motifs is 1. The Morgan fingerprint density at radius 2 is 2.05 bits per heavy atom. The van der Waals surface area contributed by atoms with Crippen molar-refractivity contribution >= 4 is 5.69 Å². The predicted octanol–water partition coefficient (Wildman–Crippen LogP) is 2.22. The summed E-state index contributed by atoms with van der Waals surface area (Å²) >= 11 is 0. The smallest absolute Gasteiger partial charge is 0.0376 e. The Morgan fingerprint density at radius 3 is 2.89 bits per heavy atom. The minimum atomic E-state index is 0.653. The molecule has 1 saturated heterocycles. The number of likely N-dealkylation sites (tertiary alicyclic amines) is 1. The number of benzene rings is 1. The van der Waals surface area contributed by atoms with Crippen LogP contribution in [0.5, 0.6) is 0 Å². The first kappa shape index (κ1) is 12.9. The fourth-order valence-corrected chi connectivity index (χ4v) is 3.31. The standard InChI is InChI=1S/C16H25N3/c1-18(10-11-19-8-4-5-9-19)13-14-12-17-16-7-3-2-6-15(14)16/h2-3,6-7,14,17H,4-5,8-13H2,1H3. The largest absolute Gasteiger partial charge is 0.384 e. The van der Waals surface area contributed by atoms with Gasteiger partial charge >= 0.3 is 0 Å². The van der Waals surface area contributed by atoms with E-state index in [1.165, 1.54) is 50.3 Å². The zero-order chi connectivity index (χ0) is 13.1. The quantitative estimate of drug-likeness (QED) is 0.875. The maximum absolute atomic E-state index is 3.52. The van der Waals surface area contributed by atoms with Gasteiger partial charge in [0.1, 0.15) is 0 Å². The van der Waals surface area contributed by atoms with Crippen molar-refractivity contribution in [2.75, 3.05) is 51.6 Å². The van der Waals surface area contributed by atoms with Crippen LogP contribution in [-0.2, 0) is 0 Å². The molecule has 2 heterocycles. The molecule has 3 nitrogen and oxygen atoms in total. The van der Waals surface area contributed by atoms with Crippen molar-refractivity contribution < 1.29 is 0 Å². The Labute approximate surface area is 116 Å². The first-order valence-electron chi connectivity index (χ1n) is 7.56. The average Bonchev–Trinajstić information content (AvgIpc) is 3.07. The molecule has 1 aromatic carbocycles. The van der Waals surface area contributed by atoms with Crippen LogP contribution in [0.15, 0.2) is 24.3 Å². The summed E-state index contributed by atoms with van der Waals surface area (Å²) in [7, 11) is 2.26. The molecular weight excluding hydrogens is 234 g/mol. The van der Waals surface area contributed by atoms with Gasteiger partial charge in [0.15, 0.2) is 0 Å². The molecule has 0 bridgehead atoms. The summed E-state index contributed by atoms with van der Waals surface area (Å²) in [6.45, 7) is 7.30. The van der Waals surface area contributed by atoms with Crippen molar-refractivity contribution in [3.63, 3.8) is 0 Å². The third kappa shape index (κ3) is 3.10. The third-order valence-corrected chi connectivity index (χ3v) is 4.47.